The van der Waals surface area contributed by atoms with E-state index in [1.54, 1.807) is 0 Å². The number of hydrogen-bond donors (Lipinski definition) is 3. The molecule has 0 spiro atoms. The van der Waals surface area contributed by atoms with Crippen LogP contribution in [0.2, 0.25) is 0 Å². The SMILES string of the molecule is CC(C)CCCCC(=O)O.CCCCCCCCCCCC(O)O. The van der Waals surface area contributed by atoms with E-state index in [1.165, 1.54) is 44.9 Å². The molecule has 24 heavy (non-hydrogen) atoms. The Morgan fingerprint density at radius 3 is 1.62 bits per heavy atom. The summed E-state index contributed by atoms with van der Waals surface area (Å²) in [7, 11) is 0. The van der Waals surface area contributed by atoms with Crippen LogP contribution in [-0.2, 0) is 4.79 Å². The molecule has 0 atom stereocenters. The molecule has 0 bridgehead atoms. The maximum Gasteiger partial charge on any atom is 0.303 e. The van der Waals surface area contributed by atoms with Crippen molar-refractivity contribution in [2.24, 2.45) is 5.92 Å². The molecule has 0 aliphatic carbocycles. The van der Waals surface area contributed by atoms with E-state index in [1.807, 2.05) is 0 Å². The van der Waals surface area contributed by atoms with E-state index in [2.05, 4.69) is 20.8 Å². The maximum absolute atomic E-state index is 10.0. The van der Waals surface area contributed by atoms with Crippen LogP contribution in [0.4, 0.5) is 0 Å². The predicted octanol–water partition coefficient (Wildman–Crippen LogP) is 5.51. The van der Waals surface area contributed by atoms with Crippen LogP contribution < -0.4 is 0 Å². The van der Waals surface area contributed by atoms with E-state index in [0.29, 0.717) is 18.8 Å². The summed E-state index contributed by atoms with van der Waals surface area (Å²) >= 11 is 0. The summed E-state index contributed by atoms with van der Waals surface area (Å²) in [6, 6.07) is 0. The lowest BCUT2D eigenvalue weighted by Gasteiger charge is -2.03. The first-order valence-corrected chi connectivity index (χ1v) is 9.98. The Morgan fingerprint density at radius 2 is 1.21 bits per heavy atom. The zero-order valence-corrected chi connectivity index (χ0v) is 16.3. The third-order valence-corrected chi connectivity index (χ3v) is 3.99. The van der Waals surface area contributed by atoms with E-state index in [0.717, 1.165) is 32.1 Å². The Bertz CT molecular complexity index is 252. The van der Waals surface area contributed by atoms with Gasteiger partial charge in [-0.2, -0.15) is 0 Å². The van der Waals surface area contributed by atoms with Crippen molar-refractivity contribution in [3.8, 4) is 0 Å². The monoisotopic (exact) mass is 346 g/mol. The van der Waals surface area contributed by atoms with Crippen molar-refractivity contribution in [2.75, 3.05) is 0 Å². The summed E-state index contributed by atoms with van der Waals surface area (Å²) in [5.74, 6) is 0.0255. The van der Waals surface area contributed by atoms with Crippen LogP contribution >= 0.6 is 0 Å². The summed E-state index contributed by atoms with van der Waals surface area (Å²) in [5, 5.41) is 25.5. The molecule has 4 nitrogen and oxygen atoms in total. The largest absolute Gasteiger partial charge is 0.481 e. The highest BCUT2D eigenvalue weighted by Crippen LogP contribution is 2.10. The summed E-state index contributed by atoms with van der Waals surface area (Å²) in [4.78, 5) is 10.0. The smallest absolute Gasteiger partial charge is 0.303 e. The standard InChI is InChI=1S/C12H26O2.C8H16O2/c1-2-3-4-5-6-7-8-9-10-11-12(13)14;1-7(2)5-3-4-6-8(9)10/h12-14H,2-11H2,1H3;7H,3-6H2,1-2H3,(H,9,10). The van der Waals surface area contributed by atoms with Crippen LogP contribution in [-0.4, -0.2) is 27.6 Å². The van der Waals surface area contributed by atoms with Gasteiger partial charge in [-0.25, -0.2) is 0 Å². The second-order valence-electron chi connectivity index (χ2n) is 7.13. The lowest BCUT2D eigenvalue weighted by atomic mass is 10.1. The number of aliphatic hydroxyl groups excluding tert-OH is 1. The molecular formula is C20H42O4. The van der Waals surface area contributed by atoms with E-state index in [9.17, 15) is 4.79 Å². The summed E-state index contributed by atoms with van der Waals surface area (Å²) in [6.45, 7) is 6.54. The Balaban J connectivity index is 0. The normalized spacial score (nSPS) is 10.8. The fraction of sp³-hybridized carbons (Fsp3) is 0.950. The Hall–Kier alpha value is -0.610. The van der Waals surface area contributed by atoms with Gasteiger partial charge in [0.25, 0.3) is 0 Å². The van der Waals surface area contributed by atoms with Crippen molar-refractivity contribution < 1.29 is 20.1 Å². The van der Waals surface area contributed by atoms with Crippen molar-refractivity contribution in [2.45, 2.75) is 117 Å². The second kappa shape index (κ2) is 20.4. The molecular weight excluding hydrogens is 304 g/mol. The van der Waals surface area contributed by atoms with Crippen LogP contribution in [0.5, 0.6) is 0 Å². The van der Waals surface area contributed by atoms with Crippen molar-refractivity contribution in [1.82, 2.24) is 0 Å². The first kappa shape index (κ1) is 25.6. The third-order valence-electron chi connectivity index (χ3n) is 3.99. The molecule has 0 saturated carbocycles. The molecule has 0 amide bonds. The predicted molar refractivity (Wildman–Crippen MR) is 101 cm³/mol. The van der Waals surface area contributed by atoms with Crippen LogP contribution in [0, 0.1) is 5.92 Å². The summed E-state index contributed by atoms with van der Waals surface area (Å²) in [5.41, 5.74) is 0. The van der Waals surface area contributed by atoms with Crippen molar-refractivity contribution >= 4 is 5.97 Å². The first-order chi connectivity index (χ1) is 11.4. The van der Waals surface area contributed by atoms with E-state index in [-0.39, 0.29) is 0 Å². The van der Waals surface area contributed by atoms with Crippen LogP contribution in [0.1, 0.15) is 111 Å². The van der Waals surface area contributed by atoms with Gasteiger partial charge in [0.15, 0.2) is 6.29 Å². The molecule has 0 heterocycles. The first-order valence-electron chi connectivity index (χ1n) is 9.98. The molecule has 3 N–H and O–H groups in total. The molecule has 0 aliphatic rings. The number of unbranched alkanes of at least 4 members (excludes halogenated alkanes) is 9. The number of rotatable bonds is 15. The third kappa shape index (κ3) is 29.4. The molecule has 146 valence electrons. The number of hydrogen-bond acceptors (Lipinski definition) is 3. The van der Waals surface area contributed by atoms with Crippen LogP contribution in [0.25, 0.3) is 0 Å². The molecule has 0 radical (unpaired) electrons. The second-order valence-corrected chi connectivity index (χ2v) is 7.13. The van der Waals surface area contributed by atoms with Crippen LogP contribution in [0.3, 0.4) is 0 Å². The molecule has 0 saturated heterocycles. The highest BCUT2D eigenvalue weighted by atomic mass is 16.5. The zero-order valence-electron chi connectivity index (χ0n) is 16.3. The van der Waals surface area contributed by atoms with Crippen molar-refractivity contribution in [1.29, 1.82) is 0 Å². The Morgan fingerprint density at radius 1 is 0.750 bits per heavy atom. The summed E-state index contributed by atoms with van der Waals surface area (Å²) in [6.07, 6.45) is 14.2. The van der Waals surface area contributed by atoms with Gasteiger partial charge in [-0.3, -0.25) is 4.79 Å². The topological polar surface area (TPSA) is 77.8 Å². The molecule has 0 aromatic heterocycles. The number of aliphatic carboxylic acids is 1. The molecule has 4 heteroatoms. The fourth-order valence-corrected chi connectivity index (χ4v) is 2.47. The lowest BCUT2D eigenvalue weighted by molar-refractivity contribution is -0.137. The number of carboxylic acid groups (broad SMARTS) is 1. The van der Waals surface area contributed by atoms with Gasteiger partial charge in [-0.1, -0.05) is 85.0 Å². The minimum Gasteiger partial charge on any atom is -0.481 e. The highest BCUT2D eigenvalue weighted by molar-refractivity contribution is 5.66. The minimum absolute atomic E-state index is 0.326. The Kier molecular flexibility index (Phi) is 21.8. The van der Waals surface area contributed by atoms with Gasteiger partial charge in [0.2, 0.25) is 0 Å². The number of carbonyl (C=O) groups is 1. The van der Waals surface area contributed by atoms with Gasteiger partial charge in [0.05, 0.1) is 0 Å². The summed E-state index contributed by atoms with van der Waals surface area (Å²) < 4.78 is 0. The maximum atomic E-state index is 10.0. The number of aliphatic hydroxyl groups is 2. The van der Waals surface area contributed by atoms with E-state index < -0.39 is 12.3 Å². The van der Waals surface area contributed by atoms with Crippen molar-refractivity contribution in [3.63, 3.8) is 0 Å². The molecule has 0 fully saturated rings. The molecule has 0 aromatic rings. The minimum atomic E-state index is -1.10. The van der Waals surface area contributed by atoms with Gasteiger partial charge in [0.1, 0.15) is 0 Å². The lowest BCUT2D eigenvalue weighted by Crippen LogP contribution is -2.02. The van der Waals surface area contributed by atoms with Crippen LogP contribution in [0.15, 0.2) is 0 Å². The number of carboxylic acids is 1. The van der Waals surface area contributed by atoms with Gasteiger partial charge in [-0.15, -0.1) is 0 Å². The van der Waals surface area contributed by atoms with E-state index in [4.69, 9.17) is 15.3 Å². The quantitative estimate of drug-likeness (QED) is 0.270. The molecule has 0 aliphatic heterocycles. The average molecular weight is 347 g/mol. The van der Waals surface area contributed by atoms with E-state index >= 15 is 0 Å². The van der Waals surface area contributed by atoms with Gasteiger partial charge >= 0.3 is 5.97 Å². The van der Waals surface area contributed by atoms with Gasteiger partial charge < -0.3 is 15.3 Å². The molecule has 0 aromatic carbocycles. The molecule has 0 unspecified atom stereocenters. The molecule has 0 rings (SSSR count). The van der Waals surface area contributed by atoms with Crippen molar-refractivity contribution in [3.05, 3.63) is 0 Å². The fourth-order valence-electron chi connectivity index (χ4n) is 2.47. The zero-order chi connectivity index (χ0) is 18.6. The van der Waals surface area contributed by atoms with Gasteiger partial charge in [-0.05, 0) is 25.2 Å². The average Bonchev–Trinajstić information content (AvgIpc) is 2.50. The Labute approximate surface area is 149 Å². The van der Waals surface area contributed by atoms with Gasteiger partial charge in [0, 0.05) is 6.42 Å². The highest BCUT2D eigenvalue weighted by Gasteiger charge is 1.98.